The number of halogens is 1. The van der Waals surface area contributed by atoms with Gasteiger partial charge < -0.3 is 5.32 Å². The maximum Gasteiger partial charge on any atom is 0.234 e. The first-order valence-electron chi connectivity index (χ1n) is 10.2. The molecule has 0 saturated carbocycles. The van der Waals surface area contributed by atoms with E-state index in [0.717, 1.165) is 32.8 Å². The molecule has 0 aliphatic heterocycles. The molecule has 0 bridgehead atoms. The third kappa shape index (κ3) is 5.11. The van der Waals surface area contributed by atoms with Gasteiger partial charge >= 0.3 is 0 Å². The van der Waals surface area contributed by atoms with Gasteiger partial charge in [-0.25, -0.2) is 0 Å². The van der Waals surface area contributed by atoms with Crippen LogP contribution in [0.1, 0.15) is 16.7 Å². The van der Waals surface area contributed by atoms with E-state index in [1.165, 1.54) is 22.9 Å². The van der Waals surface area contributed by atoms with Crippen LogP contribution >= 0.6 is 27.7 Å². The summed E-state index contributed by atoms with van der Waals surface area (Å²) >= 11 is 4.82. The van der Waals surface area contributed by atoms with Crippen molar-refractivity contribution in [1.82, 2.24) is 14.8 Å². The van der Waals surface area contributed by atoms with Crippen LogP contribution in [0.2, 0.25) is 0 Å². The maximum atomic E-state index is 12.6. The Bertz CT molecular complexity index is 1250. The number of rotatable bonds is 6. The summed E-state index contributed by atoms with van der Waals surface area (Å²) in [5.41, 5.74) is 6.11. The van der Waals surface area contributed by atoms with Crippen LogP contribution < -0.4 is 5.32 Å². The first kappa shape index (κ1) is 22.3. The van der Waals surface area contributed by atoms with E-state index >= 15 is 0 Å². The Hall–Kier alpha value is -2.90. The molecule has 0 radical (unpaired) electrons. The topological polar surface area (TPSA) is 59.8 Å². The summed E-state index contributed by atoms with van der Waals surface area (Å²) in [4.78, 5) is 12.6. The molecule has 0 atom stereocenters. The summed E-state index contributed by atoms with van der Waals surface area (Å²) in [6.07, 6.45) is 0. The average Bonchev–Trinajstić information content (AvgIpc) is 3.19. The standard InChI is InChI=1S/C25H23BrN4OS/c1-16-4-8-19(9-5-16)24-28-29-25(30(24)21-11-6-17(2)7-12-21)32-15-23(31)27-22-13-10-20(26)14-18(22)3/h4-14H,15H2,1-3H3,(H,27,31). The summed E-state index contributed by atoms with van der Waals surface area (Å²) in [5, 5.41) is 12.5. The van der Waals surface area contributed by atoms with Crippen molar-refractivity contribution in [3.05, 3.63) is 87.9 Å². The molecule has 4 rings (SSSR count). The molecule has 0 aliphatic rings. The first-order chi connectivity index (χ1) is 15.4. The molecular weight excluding hydrogens is 484 g/mol. The monoisotopic (exact) mass is 506 g/mol. The summed E-state index contributed by atoms with van der Waals surface area (Å²) in [5.74, 6) is 0.893. The lowest BCUT2D eigenvalue weighted by Gasteiger charge is -2.12. The van der Waals surface area contributed by atoms with Crippen molar-refractivity contribution in [2.45, 2.75) is 25.9 Å². The zero-order chi connectivity index (χ0) is 22.7. The minimum absolute atomic E-state index is 0.0873. The van der Waals surface area contributed by atoms with Gasteiger partial charge in [-0.15, -0.1) is 10.2 Å². The zero-order valence-electron chi connectivity index (χ0n) is 18.1. The highest BCUT2D eigenvalue weighted by atomic mass is 79.9. The van der Waals surface area contributed by atoms with Crippen LogP contribution in [-0.2, 0) is 4.79 Å². The zero-order valence-corrected chi connectivity index (χ0v) is 20.5. The number of thioether (sulfide) groups is 1. The van der Waals surface area contributed by atoms with Crippen LogP contribution in [0.5, 0.6) is 0 Å². The molecule has 3 aromatic carbocycles. The SMILES string of the molecule is Cc1ccc(-c2nnc(SCC(=O)Nc3ccc(Br)cc3C)n2-c2ccc(C)cc2)cc1. The van der Waals surface area contributed by atoms with E-state index in [2.05, 4.69) is 69.6 Å². The normalized spacial score (nSPS) is 10.9. The van der Waals surface area contributed by atoms with Gasteiger partial charge in [-0.3, -0.25) is 9.36 Å². The highest BCUT2D eigenvalue weighted by Gasteiger charge is 2.17. The highest BCUT2D eigenvalue weighted by Crippen LogP contribution is 2.29. The Morgan fingerprint density at radius 3 is 2.25 bits per heavy atom. The van der Waals surface area contributed by atoms with Gasteiger partial charge in [0.1, 0.15) is 0 Å². The van der Waals surface area contributed by atoms with Crippen LogP contribution in [-0.4, -0.2) is 26.4 Å². The maximum absolute atomic E-state index is 12.6. The Balaban J connectivity index is 1.60. The first-order valence-corrected chi connectivity index (χ1v) is 12.0. The second kappa shape index (κ2) is 9.71. The molecule has 1 amide bonds. The number of carbonyl (C=O) groups is 1. The lowest BCUT2D eigenvalue weighted by molar-refractivity contribution is -0.113. The average molecular weight is 507 g/mol. The summed E-state index contributed by atoms with van der Waals surface area (Å²) in [6.45, 7) is 6.08. The number of nitrogens with one attached hydrogen (secondary N) is 1. The molecule has 32 heavy (non-hydrogen) atoms. The van der Waals surface area contributed by atoms with Crippen LogP contribution in [0, 0.1) is 20.8 Å². The second-order valence-corrected chi connectivity index (χ2v) is 9.50. The van der Waals surface area contributed by atoms with E-state index in [4.69, 9.17) is 0 Å². The van der Waals surface area contributed by atoms with Crippen LogP contribution in [0.3, 0.4) is 0 Å². The van der Waals surface area contributed by atoms with Gasteiger partial charge in [0.15, 0.2) is 11.0 Å². The van der Waals surface area contributed by atoms with Gasteiger partial charge in [0, 0.05) is 21.4 Å². The van der Waals surface area contributed by atoms with Crippen molar-refractivity contribution in [3.8, 4) is 17.1 Å². The number of benzene rings is 3. The molecule has 1 N–H and O–H groups in total. The van der Waals surface area contributed by atoms with Crippen molar-refractivity contribution >= 4 is 39.3 Å². The van der Waals surface area contributed by atoms with Gasteiger partial charge in [-0.1, -0.05) is 75.2 Å². The minimum atomic E-state index is -0.0873. The second-order valence-electron chi connectivity index (χ2n) is 7.64. The van der Waals surface area contributed by atoms with E-state index in [9.17, 15) is 4.79 Å². The Morgan fingerprint density at radius 2 is 1.59 bits per heavy atom. The number of anilines is 1. The minimum Gasteiger partial charge on any atom is -0.325 e. The lowest BCUT2D eigenvalue weighted by Crippen LogP contribution is -2.15. The molecule has 0 unspecified atom stereocenters. The molecule has 5 nitrogen and oxygen atoms in total. The molecule has 1 aromatic heterocycles. The van der Waals surface area contributed by atoms with E-state index in [-0.39, 0.29) is 11.7 Å². The van der Waals surface area contributed by atoms with Crippen LogP contribution in [0.4, 0.5) is 5.69 Å². The third-order valence-corrected chi connectivity index (χ3v) is 6.45. The van der Waals surface area contributed by atoms with E-state index < -0.39 is 0 Å². The smallest absolute Gasteiger partial charge is 0.234 e. The van der Waals surface area contributed by atoms with Crippen LogP contribution in [0.25, 0.3) is 17.1 Å². The van der Waals surface area contributed by atoms with Gasteiger partial charge in [-0.2, -0.15) is 0 Å². The fraction of sp³-hybridized carbons (Fsp3) is 0.160. The van der Waals surface area contributed by atoms with Crippen molar-refractivity contribution in [2.75, 3.05) is 11.1 Å². The number of carbonyl (C=O) groups excluding carboxylic acids is 1. The number of hydrogen-bond acceptors (Lipinski definition) is 4. The molecule has 0 saturated heterocycles. The highest BCUT2D eigenvalue weighted by molar-refractivity contribution is 9.10. The quantitative estimate of drug-likeness (QED) is 0.309. The van der Waals surface area contributed by atoms with Crippen molar-refractivity contribution in [1.29, 1.82) is 0 Å². The van der Waals surface area contributed by atoms with Crippen LogP contribution in [0.15, 0.2) is 76.4 Å². The number of aryl methyl sites for hydroxylation is 3. The predicted octanol–water partition coefficient (Wildman–Crippen LogP) is 6.35. The molecule has 4 aromatic rings. The number of aromatic nitrogens is 3. The summed E-state index contributed by atoms with van der Waals surface area (Å²) < 4.78 is 2.99. The Labute approximate surface area is 200 Å². The fourth-order valence-corrected chi connectivity index (χ4v) is 4.49. The number of amides is 1. The molecule has 0 aliphatic carbocycles. The van der Waals surface area contributed by atoms with Gasteiger partial charge in [0.05, 0.1) is 5.75 Å². The Morgan fingerprint density at radius 1 is 0.938 bits per heavy atom. The van der Waals surface area contributed by atoms with Gasteiger partial charge in [-0.05, 0) is 56.7 Å². The molecule has 0 fully saturated rings. The summed E-state index contributed by atoms with van der Waals surface area (Å²) in [6, 6.07) is 22.2. The molecule has 162 valence electrons. The fourth-order valence-electron chi connectivity index (χ4n) is 3.26. The molecule has 1 heterocycles. The van der Waals surface area contributed by atoms with E-state index in [1.54, 1.807) is 0 Å². The van der Waals surface area contributed by atoms with E-state index in [1.807, 2.05) is 54.0 Å². The summed E-state index contributed by atoms with van der Waals surface area (Å²) in [7, 11) is 0. The van der Waals surface area contributed by atoms with Crippen molar-refractivity contribution in [2.24, 2.45) is 0 Å². The number of hydrogen-bond donors (Lipinski definition) is 1. The molecule has 7 heteroatoms. The molecular formula is C25H23BrN4OS. The van der Waals surface area contributed by atoms with Crippen molar-refractivity contribution < 1.29 is 4.79 Å². The largest absolute Gasteiger partial charge is 0.325 e. The third-order valence-electron chi connectivity index (χ3n) is 5.03. The van der Waals surface area contributed by atoms with Crippen molar-refractivity contribution in [3.63, 3.8) is 0 Å². The lowest BCUT2D eigenvalue weighted by atomic mass is 10.1. The Kier molecular flexibility index (Phi) is 6.77. The predicted molar refractivity (Wildman–Crippen MR) is 135 cm³/mol. The van der Waals surface area contributed by atoms with Gasteiger partial charge in [0.2, 0.25) is 5.91 Å². The molecule has 0 spiro atoms. The van der Waals surface area contributed by atoms with E-state index in [0.29, 0.717) is 5.16 Å². The number of nitrogens with zero attached hydrogens (tertiary/aromatic N) is 3. The van der Waals surface area contributed by atoms with Gasteiger partial charge in [0.25, 0.3) is 0 Å².